The zero-order valence-electron chi connectivity index (χ0n) is 12.1. The van der Waals surface area contributed by atoms with E-state index >= 15 is 0 Å². The molecule has 1 saturated heterocycles. The van der Waals surface area contributed by atoms with Crippen molar-refractivity contribution in [2.75, 3.05) is 13.6 Å². The largest absolute Gasteiger partial charge is 0.344 e. The first-order valence-electron chi connectivity index (χ1n) is 6.90. The Balaban J connectivity index is 1.91. The van der Waals surface area contributed by atoms with Crippen LogP contribution in [0.2, 0.25) is 0 Å². The Kier molecular flexibility index (Phi) is 4.72. The van der Waals surface area contributed by atoms with E-state index in [9.17, 15) is 14.0 Å². The van der Waals surface area contributed by atoms with Crippen LogP contribution in [0.3, 0.4) is 0 Å². The molecule has 2 N–H and O–H groups in total. The highest BCUT2D eigenvalue weighted by Crippen LogP contribution is 2.13. The maximum atomic E-state index is 13.1. The number of nitrogens with zero attached hydrogens (tertiary/aromatic N) is 2. The number of carbonyl (C=O) groups excluding carboxylic acids is 2. The second-order valence-electron chi connectivity index (χ2n) is 5.23. The molecule has 114 valence electrons. The van der Waals surface area contributed by atoms with Crippen LogP contribution in [0.15, 0.2) is 18.5 Å². The highest BCUT2D eigenvalue weighted by molar-refractivity contribution is 5.87. The maximum absolute atomic E-state index is 13.1. The van der Waals surface area contributed by atoms with Crippen LogP contribution >= 0.6 is 0 Å². The lowest BCUT2D eigenvalue weighted by Crippen LogP contribution is -2.53. The number of nitrogens with one attached hydrogen (secondary N) is 2. The molecule has 0 aliphatic carbocycles. The third kappa shape index (κ3) is 3.90. The predicted molar refractivity (Wildman–Crippen MR) is 74.9 cm³/mol. The van der Waals surface area contributed by atoms with Crippen LogP contribution in [0, 0.1) is 5.82 Å². The van der Waals surface area contributed by atoms with E-state index in [1.165, 1.54) is 12.3 Å². The number of hydrogen-bond acceptors (Lipinski definition) is 3. The number of likely N-dealkylation sites (tertiary alicyclic amines) is 1. The number of urea groups is 1. The van der Waals surface area contributed by atoms with E-state index in [4.69, 9.17) is 0 Å². The summed E-state index contributed by atoms with van der Waals surface area (Å²) in [5.74, 6) is -0.540. The van der Waals surface area contributed by atoms with Crippen molar-refractivity contribution in [3.63, 3.8) is 0 Å². The lowest BCUT2D eigenvalue weighted by molar-refractivity contribution is -0.134. The number of likely N-dealkylation sites (N-methyl/N-ethyl adjacent to an activating group) is 1. The van der Waals surface area contributed by atoms with Gasteiger partial charge in [-0.05, 0) is 31.4 Å². The first-order valence-corrected chi connectivity index (χ1v) is 6.90. The van der Waals surface area contributed by atoms with Crippen LogP contribution in [-0.2, 0) is 4.79 Å². The summed E-state index contributed by atoms with van der Waals surface area (Å²) >= 11 is 0. The molecule has 2 atom stereocenters. The summed E-state index contributed by atoms with van der Waals surface area (Å²) < 4.78 is 13.1. The van der Waals surface area contributed by atoms with Gasteiger partial charge in [0.15, 0.2) is 0 Å². The lowest BCUT2D eigenvalue weighted by Gasteiger charge is -2.30. The Bertz CT molecular complexity index is 537. The third-order valence-corrected chi connectivity index (χ3v) is 3.54. The summed E-state index contributed by atoms with van der Waals surface area (Å²) in [6.07, 6.45) is 4.09. The molecule has 1 aliphatic heterocycles. The number of aromatic nitrogens is 1. The third-order valence-electron chi connectivity index (χ3n) is 3.54. The van der Waals surface area contributed by atoms with Crippen LogP contribution in [0.25, 0.3) is 0 Å². The molecule has 1 unspecified atom stereocenters. The molecule has 1 aliphatic rings. The fourth-order valence-corrected chi connectivity index (χ4v) is 2.31. The molecular formula is C14H19FN4O2. The minimum Gasteiger partial charge on any atom is -0.344 e. The number of piperidine rings is 1. The molecular weight excluding hydrogens is 275 g/mol. The number of amides is 3. The van der Waals surface area contributed by atoms with Gasteiger partial charge in [-0.1, -0.05) is 0 Å². The Morgan fingerprint density at radius 1 is 1.52 bits per heavy atom. The fraction of sp³-hybridized carbons (Fsp3) is 0.500. The topological polar surface area (TPSA) is 74.3 Å². The molecule has 7 heteroatoms. The molecule has 1 aromatic heterocycles. The predicted octanol–water partition coefficient (Wildman–Crippen LogP) is 1.20. The van der Waals surface area contributed by atoms with Gasteiger partial charge in [0.25, 0.3) is 0 Å². The van der Waals surface area contributed by atoms with Crippen LogP contribution in [0.5, 0.6) is 0 Å². The first-order chi connectivity index (χ1) is 9.97. The highest BCUT2D eigenvalue weighted by Gasteiger charge is 2.27. The molecule has 0 saturated carbocycles. The Hall–Kier alpha value is -2.18. The summed E-state index contributed by atoms with van der Waals surface area (Å²) in [4.78, 5) is 29.2. The number of pyridine rings is 1. The highest BCUT2D eigenvalue weighted by atomic mass is 19.1. The molecule has 0 bridgehead atoms. The molecule has 1 fully saturated rings. The smallest absolute Gasteiger partial charge is 0.315 e. The quantitative estimate of drug-likeness (QED) is 0.879. The zero-order valence-corrected chi connectivity index (χ0v) is 12.1. The molecule has 0 radical (unpaired) electrons. The van der Waals surface area contributed by atoms with Crippen molar-refractivity contribution in [2.45, 2.75) is 31.8 Å². The Morgan fingerprint density at radius 3 is 3.00 bits per heavy atom. The van der Waals surface area contributed by atoms with Gasteiger partial charge in [-0.3, -0.25) is 9.78 Å². The monoisotopic (exact) mass is 294 g/mol. The molecule has 2 rings (SSSR count). The van der Waals surface area contributed by atoms with Gasteiger partial charge in [0, 0.05) is 19.8 Å². The van der Waals surface area contributed by atoms with E-state index in [2.05, 4.69) is 15.6 Å². The Morgan fingerprint density at radius 2 is 2.29 bits per heavy atom. The molecule has 6 nitrogen and oxygen atoms in total. The summed E-state index contributed by atoms with van der Waals surface area (Å²) in [5, 5.41) is 5.34. The molecule has 0 spiro atoms. The first kappa shape index (κ1) is 15.2. The molecule has 1 aromatic rings. The Labute approximate surface area is 122 Å². The van der Waals surface area contributed by atoms with Gasteiger partial charge >= 0.3 is 6.03 Å². The number of rotatable bonds is 3. The summed E-state index contributed by atoms with van der Waals surface area (Å²) in [7, 11) is 1.72. The van der Waals surface area contributed by atoms with Gasteiger partial charge in [-0.2, -0.15) is 0 Å². The van der Waals surface area contributed by atoms with E-state index in [0.717, 1.165) is 12.6 Å². The summed E-state index contributed by atoms with van der Waals surface area (Å²) in [6, 6.07) is -0.0241. The van der Waals surface area contributed by atoms with Crippen LogP contribution in [0.4, 0.5) is 9.18 Å². The van der Waals surface area contributed by atoms with Crippen LogP contribution in [-0.4, -0.2) is 41.5 Å². The fourth-order valence-electron chi connectivity index (χ4n) is 2.31. The minimum atomic E-state index is -0.499. The van der Waals surface area contributed by atoms with Gasteiger partial charge in [-0.25, -0.2) is 9.18 Å². The number of hydrogen-bond donors (Lipinski definition) is 2. The molecule has 0 aromatic carbocycles. The molecule has 2 heterocycles. The van der Waals surface area contributed by atoms with E-state index < -0.39 is 23.9 Å². The van der Waals surface area contributed by atoms with Crippen molar-refractivity contribution in [1.29, 1.82) is 0 Å². The van der Waals surface area contributed by atoms with E-state index in [1.807, 2.05) is 0 Å². The van der Waals surface area contributed by atoms with Crippen molar-refractivity contribution in [1.82, 2.24) is 20.5 Å². The molecule has 21 heavy (non-hydrogen) atoms. The van der Waals surface area contributed by atoms with Gasteiger partial charge in [0.05, 0.1) is 12.2 Å². The number of carbonyl (C=O) groups is 2. The van der Waals surface area contributed by atoms with Gasteiger partial charge in [0.2, 0.25) is 5.91 Å². The van der Waals surface area contributed by atoms with E-state index in [0.29, 0.717) is 18.5 Å². The van der Waals surface area contributed by atoms with Crippen molar-refractivity contribution < 1.29 is 14.0 Å². The van der Waals surface area contributed by atoms with Gasteiger partial charge in [-0.15, -0.1) is 0 Å². The van der Waals surface area contributed by atoms with Crippen molar-refractivity contribution in [2.24, 2.45) is 0 Å². The summed E-state index contributed by atoms with van der Waals surface area (Å²) in [6.45, 7) is 2.44. The van der Waals surface area contributed by atoms with Crippen LogP contribution in [0.1, 0.15) is 31.4 Å². The van der Waals surface area contributed by atoms with Gasteiger partial charge < -0.3 is 15.5 Å². The second kappa shape index (κ2) is 6.51. The summed E-state index contributed by atoms with van der Waals surface area (Å²) in [5.41, 5.74) is 0.567. The van der Waals surface area contributed by atoms with Crippen LogP contribution < -0.4 is 10.6 Å². The van der Waals surface area contributed by atoms with Crippen molar-refractivity contribution >= 4 is 11.9 Å². The van der Waals surface area contributed by atoms with Gasteiger partial charge in [0.1, 0.15) is 11.9 Å². The minimum absolute atomic E-state index is 0.0866. The number of halogens is 1. The van der Waals surface area contributed by atoms with E-state index in [1.54, 1.807) is 18.9 Å². The van der Waals surface area contributed by atoms with E-state index in [-0.39, 0.29) is 5.91 Å². The maximum Gasteiger partial charge on any atom is 0.315 e. The lowest BCUT2D eigenvalue weighted by atomic mass is 10.1. The van der Waals surface area contributed by atoms with Crippen molar-refractivity contribution in [3.8, 4) is 0 Å². The zero-order chi connectivity index (χ0) is 15.4. The van der Waals surface area contributed by atoms with Crippen molar-refractivity contribution in [3.05, 3.63) is 29.8 Å². The second-order valence-corrected chi connectivity index (χ2v) is 5.23. The molecule has 3 amide bonds. The average molecular weight is 294 g/mol. The normalized spacial score (nSPS) is 20.0. The average Bonchev–Trinajstić information content (AvgIpc) is 2.44. The SMILES string of the molecule is C[C@H](NC(=O)NC1CCCN(C)C1=O)c1cncc(F)c1. The standard InChI is InChI=1S/C14H19FN4O2/c1-9(10-6-11(15)8-16-7-10)17-14(21)18-12-4-3-5-19(2)13(12)20/h6-9,12H,3-5H2,1-2H3,(H2,17,18,21)/t9-,12?/m0/s1.